The van der Waals surface area contributed by atoms with Gasteiger partial charge in [-0.3, -0.25) is 14.9 Å². The van der Waals surface area contributed by atoms with Crippen molar-refractivity contribution >= 4 is 11.6 Å². The zero-order valence-electron chi connectivity index (χ0n) is 7.99. The molecule has 3 N–H and O–H groups in total. The van der Waals surface area contributed by atoms with Gasteiger partial charge in [0.15, 0.2) is 0 Å². The molecule has 1 aromatic rings. The fourth-order valence-electron chi connectivity index (χ4n) is 1.11. The number of nitrogens with two attached hydrogens (primary N) is 1. The summed E-state index contributed by atoms with van der Waals surface area (Å²) in [7, 11) is 0. The highest BCUT2D eigenvalue weighted by Crippen LogP contribution is 2.37. The number of aromatic hydroxyl groups is 1. The molecule has 0 bridgehead atoms. The summed E-state index contributed by atoms with van der Waals surface area (Å²) >= 11 is 0. The Bertz CT molecular complexity index is 463. The number of hydrogen-bond acceptors (Lipinski definition) is 4. The van der Waals surface area contributed by atoms with Crippen LogP contribution in [0.3, 0.4) is 0 Å². The Morgan fingerprint density at radius 1 is 1.41 bits per heavy atom. The van der Waals surface area contributed by atoms with Crippen LogP contribution >= 0.6 is 0 Å². The van der Waals surface area contributed by atoms with Crippen LogP contribution in [0.15, 0.2) is 12.1 Å². The average Bonchev–Trinajstić information content (AvgIpc) is 2.14. The minimum absolute atomic E-state index is 0.127. The Labute approximate surface area is 91.6 Å². The number of phenols is 1. The van der Waals surface area contributed by atoms with E-state index in [9.17, 15) is 33.2 Å². The van der Waals surface area contributed by atoms with E-state index >= 15 is 0 Å². The minimum atomic E-state index is -4.89. The Kier molecular flexibility index (Phi) is 2.94. The standard InChI is InChI=1S/C8H5F3N2O4/c9-8(10,11)3-1-4(7(12)15)6(14)5(2-3)13(16)17/h1-2,14H,(H2,12,15). The molecular weight excluding hydrogens is 245 g/mol. The Morgan fingerprint density at radius 3 is 2.29 bits per heavy atom. The van der Waals surface area contributed by atoms with Crippen LogP contribution in [-0.2, 0) is 6.18 Å². The number of halogens is 3. The molecule has 0 radical (unpaired) electrons. The second-order valence-corrected chi connectivity index (χ2v) is 3.01. The lowest BCUT2D eigenvalue weighted by atomic mass is 10.1. The molecule has 17 heavy (non-hydrogen) atoms. The molecule has 1 amide bonds. The number of primary amides is 1. The van der Waals surface area contributed by atoms with Gasteiger partial charge in [-0.1, -0.05) is 0 Å². The Hall–Kier alpha value is -2.32. The third kappa shape index (κ3) is 2.44. The lowest BCUT2D eigenvalue weighted by Gasteiger charge is -2.09. The summed E-state index contributed by atoms with van der Waals surface area (Å²) in [5.41, 5.74) is 1.09. The molecule has 0 spiro atoms. The summed E-state index contributed by atoms with van der Waals surface area (Å²) in [6.07, 6.45) is -4.89. The Balaban J connectivity index is 3.59. The smallest absolute Gasteiger partial charge is 0.416 e. The highest BCUT2D eigenvalue weighted by molar-refractivity contribution is 5.97. The van der Waals surface area contributed by atoms with E-state index in [-0.39, 0.29) is 12.1 Å². The van der Waals surface area contributed by atoms with E-state index in [4.69, 9.17) is 5.73 Å². The van der Waals surface area contributed by atoms with E-state index in [1.54, 1.807) is 0 Å². The van der Waals surface area contributed by atoms with Crippen LogP contribution in [0.1, 0.15) is 15.9 Å². The average molecular weight is 250 g/mol. The molecule has 0 unspecified atom stereocenters. The maximum Gasteiger partial charge on any atom is 0.416 e. The molecule has 0 fully saturated rings. The van der Waals surface area contributed by atoms with Crippen LogP contribution in [0.25, 0.3) is 0 Å². The summed E-state index contributed by atoms with van der Waals surface area (Å²) in [5.74, 6) is -2.58. The molecule has 9 heteroatoms. The van der Waals surface area contributed by atoms with E-state index in [2.05, 4.69) is 0 Å². The lowest BCUT2D eigenvalue weighted by molar-refractivity contribution is -0.386. The summed E-state index contributed by atoms with van der Waals surface area (Å²) in [5, 5.41) is 19.6. The molecule has 1 rings (SSSR count). The molecule has 0 saturated heterocycles. The fourth-order valence-corrected chi connectivity index (χ4v) is 1.11. The van der Waals surface area contributed by atoms with Crippen LogP contribution in [0.5, 0.6) is 5.75 Å². The third-order valence-corrected chi connectivity index (χ3v) is 1.88. The van der Waals surface area contributed by atoms with Crippen molar-refractivity contribution in [2.24, 2.45) is 5.73 Å². The molecule has 0 aromatic heterocycles. The summed E-state index contributed by atoms with van der Waals surface area (Å²) in [6, 6.07) is 0.381. The van der Waals surface area contributed by atoms with Crippen LogP contribution < -0.4 is 5.73 Å². The first-order chi connectivity index (χ1) is 7.64. The quantitative estimate of drug-likeness (QED) is 0.611. The van der Waals surface area contributed by atoms with Crippen LogP contribution in [0.4, 0.5) is 18.9 Å². The van der Waals surface area contributed by atoms with Crippen LogP contribution in [-0.4, -0.2) is 15.9 Å². The number of benzene rings is 1. The molecule has 0 aliphatic carbocycles. The molecule has 1 aromatic carbocycles. The van der Waals surface area contributed by atoms with Crippen molar-refractivity contribution in [3.8, 4) is 5.75 Å². The van der Waals surface area contributed by atoms with E-state index in [0.717, 1.165) is 0 Å². The minimum Gasteiger partial charge on any atom is -0.502 e. The van der Waals surface area contributed by atoms with Gasteiger partial charge in [0.2, 0.25) is 5.75 Å². The largest absolute Gasteiger partial charge is 0.502 e. The van der Waals surface area contributed by atoms with Gasteiger partial charge in [0.25, 0.3) is 5.91 Å². The van der Waals surface area contributed by atoms with Gasteiger partial charge in [0, 0.05) is 6.07 Å². The molecule has 92 valence electrons. The monoisotopic (exact) mass is 250 g/mol. The fraction of sp³-hybridized carbons (Fsp3) is 0.125. The summed E-state index contributed by atoms with van der Waals surface area (Å²) in [6.45, 7) is 0. The predicted molar refractivity (Wildman–Crippen MR) is 48.3 cm³/mol. The molecule has 6 nitrogen and oxygen atoms in total. The number of alkyl halides is 3. The summed E-state index contributed by atoms with van der Waals surface area (Å²) in [4.78, 5) is 19.9. The number of nitrogens with zero attached hydrogens (tertiary/aromatic N) is 1. The highest BCUT2D eigenvalue weighted by atomic mass is 19.4. The number of hydrogen-bond donors (Lipinski definition) is 2. The lowest BCUT2D eigenvalue weighted by Crippen LogP contribution is -2.14. The van der Waals surface area contributed by atoms with Gasteiger partial charge in [-0.25, -0.2) is 0 Å². The van der Waals surface area contributed by atoms with Crippen molar-refractivity contribution in [2.75, 3.05) is 0 Å². The first kappa shape index (κ1) is 12.7. The van der Waals surface area contributed by atoms with Gasteiger partial charge < -0.3 is 10.8 Å². The maximum atomic E-state index is 12.4. The number of amides is 1. The molecule has 0 atom stereocenters. The molecule has 0 heterocycles. The van der Waals surface area contributed by atoms with E-state index in [0.29, 0.717) is 0 Å². The van der Waals surface area contributed by atoms with E-state index < -0.39 is 39.6 Å². The second kappa shape index (κ2) is 3.92. The van der Waals surface area contributed by atoms with E-state index in [1.807, 2.05) is 0 Å². The molecular formula is C8H5F3N2O4. The number of nitro benzene ring substituents is 1. The van der Waals surface area contributed by atoms with Crippen molar-refractivity contribution in [3.63, 3.8) is 0 Å². The topological polar surface area (TPSA) is 106 Å². The second-order valence-electron chi connectivity index (χ2n) is 3.01. The Morgan fingerprint density at radius 2 is 1.94 bits per heavy atom. The van der Waals surface area contributed by atoms with Crippen LogP contribution in [0.2, 0.25) is 0 Å². The van der Waals surface area contributed by atoms with Crippen molar-refractivity contribution in [1.82, 2.24) is 0 Å². The van der Waals surface area contributed by atoms with Gasteiger partial charge in [-0.2, -0.15) is 13.2 Å². The molecule has 0 aliphatic heterocycles. The number of carbonyl (C=O) groups is 1. The molecule has 0 aliphatic rings. The number of nitro groups is 1. The van der Waals surface area contributed by atoms with E-state index in [1.165, 1.54) is 0 Å². The van der Waals surface area contributed by atoms with Crippen molar-refractivity contribution in [2.45, 2.75) is 6.18 Å². The van der Waals surface area contributed by atoms with Gasteiger partial charge >= 0.3 is 11.9 Å². The zero-order valence-corrected chi connectivity index (χ0v) is 7.99. The van der Waals surface area contributed by atoms with Crippen molar-refractivity contribution in [1.29, 1.82) is 0 Å². The van der Waals surface area contributed by atoms with Gasteiger partial charge in [0.1, 0.15) is 0 Å². The normalized spacial score (nSPS) is 11.2. The van der Waals surface area contributed by atoms with Crippen molar-refractivity contribution in [3.05, 3.63) is 33.4 Å². The van der Waals surface area contributed by atoms with Crippen LogP contribution in [0, 0.1) is 10.1 Å². The van der Waals surface area contributed by atoms with Gasteiger partial charge in [-0.05, 0) is 6.07 Å². The predicted octanol–water partition coefficient (Wildman–Crippen LogP) is 1.42. The SMILES string of the molecule is NC(=O)c1cc(C(F)(F)F)cc([N+](=O)[O-])c1O. The third-order valence-electron chi connectivity index (χ3n) is 1.88. The molecule has 0 saturated carbocycles. The zero-order chi connectivity index (χ0) is 13.4. The summed E-state index contributed by atoms with van der Waals surface area (Å²) < 4.78 is 37.1. The highest BCUT2D eigenvalue weighted by Gasteiger charge is 2.35. The first-order valence-corrected chi connectivity index (χ1v) is 4.03. The maximum absolute atomic E-state index is 12.4. The van der Waals surface area contributed by atoms with Gasteiger partial charge in [-0.15, -0.1) is 0 Å². The number of rotatable bonds is 2. The first-order valence-electron chi connectivity index (χ1n) is 4.03. The number of carbonyl (C=O) groups excluding carboxylic acids is 1. The van der Waals surface area contributed by atoms with Crippen molar-refractivity contribution < 1.29 is 28.0 Å². The van der Waals surface area contributed by atoms with Gasteiger partial charge in [0.05, 0.1) is 16.1 Å².